The summed E-state index contributed by atoms with van der Waals surface area (Å²) in [6.07, 6.45) is 2.43. The number of nitrogen functional groups attached to an aromatic ring is 1. The SMILES string of the molecule is CCCCn1c(N)c(N(CCOC)C(=O)C2CC2C)c(=O)[nH]c1=O. The Kier molecular flexibility index (Phi) is 5.82. The van der Waals surface area contributed by atoms with Crippen LogP contribution in [0.25, 0.3) is 0 Å². The van der Waals surface area contributed by atoms with Gasteiger partial charge in [-0.05, 0) is 18.8 Å². The Morgan fingerprint density at radius 1 is 1.46 bits per heavy atom. The number of amides is 1. The van der Waals surface area contributed by atoms with E-state index >= 15 is 0 Å². The summed E-state index contributed by atoms with van der Waals surface area (Å²) in [6.45, 7) is 4.89. The van der Waals surface area contributed by atoms with E-state index in [9.17, 15) is 14.4 Å². The minimum Gasteiger partial charge on any atom is -0.383 e. The fourth-order valence-corrected chi connectivity index (χ4v) is 2.76. The van der Waals surface area contributed by atoms with E-state index in [0.29, 0.717) is 12.5 Å². The van der Waals surface area contributed by atoms with Crippen molar-refractivity contribution in [1.82, 2.24) is 9.55 Å². The maximum Gasteiger partial charge on any atom is 0.330 e. The second-order valence-corrected chi connectivity index (χ2v) is 6.30. The van der Waals surface area contributed by atoms with Crippen LogP contribution in [0.15, 0.2) is 9.59 Å². The number of hydrogen-bond acceptors (Lipinski definition) is 5. The number of carbonyl (C=O) groups is 1. The topological polar surface area (TPSA) is 110 Å². The highest BCUT2D eigenvalue weighted by atomic mass is 16.5. The average Bonchev–Trinajstić information content (AvgIpc) is 3.26. The Morgan fingerprint density at radius 3 is 2.67 bits per heavy atom. The fourth-order valence-electron chi connectivity index (χ4n) is 2.76. The molecule has 8 nitrogen and oxygen atoms in total. The molecule has 8 heteroatoms. The lowest BCUT2D eigenvalue weighted by molar-refractivity contribution is -0.120. The van der Waals surface area contributed by atoms with Crippen LogP contribution in [0, 0.1) is 11.8 Å². The molecule has 1 aliphatic carbocycles. The Hall–Kier alpha value is -2.09. The van der Waals surface area contributed by atoms with Gasteiger partial charge in [-0.2, -0.15) is 0 Å². The van der Waals surface area contributed by atoms with Gasteiger partial charge in [-0.25, -0.2) is 4.79 Å². The highest BCUT2D eigenvalue weighted by molar-refractivity contribution is 5.98. The van der Waals surface area contributed by atoms with Crippen molar-refractivity contribution < 1.29 is 9.53 Å². The minimum absolute atomic E-state index is 0.0370. The number of aromatic nitrogens is 2. The summed E-state index contributed by atoms with van der Waals surface area (Å²) in [7, 11) is 1.53. The Morgan fingerprint density at radius 2 is 2.12 bits per heavy atom. The number of aromatic amines is 1. The van der Waals surface area contributed by atoms with Crippen LogP contribution in [0.3, 0.4) is 0 Å². The third-order valence-electron chi connectivity index (χ3n) is 4.43. The number of nitrogens with one attached hydrogen (secondary N) is 1. The molecule has 0 aromatic carbocycles. The maximum absolute atomic E-state index is 12.7. The molecular weight excluding hydrogens is 312 g/mol. The number of ether oxygens (including phenoxy) is 1. The van der Waals surface area contributed by atoms with Crippen LogP contribution in [-0.4, -0.2) is 35.7 Å². The van der Waals surface area contributed by atoms with E-state index < -0.39 is 11.2 Å². The van der Waals surface area contributed by atoms with E-state index in [1.807, 2.05) is 13.8 Å². The quantitative estimate of drug-likeness (QED) is 0.719. The zero-order chi connectivity index (χ0) is 17.9. The molecule has 134 valence electrons. The number of nitrogens with two attached hydrogens (primary N) is 1. The molecule has 2 atom stereocenters. The molecule has 24 heavy (non-hydrogen) atoms. The van der Waals surface area contributed by atoms with Gasteiger partial charge in [0.25, 0.3) is 5.56 Å². The van der Waals surface area contributed by atoms with Crippen molar-refractivity contribution >= 4 is 17.4 Å². The van der Waals surface area contributed by atoms with Gasteiger partial charge in [0.05, 0.1) is 6.61 Å². The van der Waals surface area contributed by atoms with Gasteiger partial charge in [0.15, 0.2) is 5.69 Å². The number of hydrogen-bond donors (Lipinski definition) is 2. The number of anilines is 2. The molecule has 1 aromatic heterocycles. The van der Waals surface area contributed by atoms with Crippen molar-refractivity contribution in [3.05, 3.63) is 20.8 Å². The fraction of sp³-hybridized carbons (Fsp3) is 0.688. The first-order valence-electron chi connectivity index (χ1n) is 8.35. The third-order valence-corrected chi connectivity index (χ3v) is 4.43. The smallest absolute Gasteiger partial charge is 0.330 e. The van der Waals surface area contributed by atoms with E-state index in [0.717, 1.165) is 19.3 Å². The van der Waals surface area contributed by atoms with Gasteiger partial charge in [-0.3, -0.25) is 19.1 Å². The molecule has 2 rings (SSSR count). The first-order valence-corrected chi connectivity index (χ1v) is 8.35. The zero-order valence-electron chi connectivity index (χ0n) is 14.5. The second-order valence-electron chi connectivity index (χ2n) is 6.30. The first kappa shape index (κ1) is 18.3. The van der Waals surface area contributed by atoms with Crippen LogP contribution in [-0.2, 0) is 16.1 Å². The molecule has 0 bridgehead atoms. The number of unbranched alkanes of at least 4 members (excludes halogenated alkanes) is 1. The van der Waals surface area contributed by atoms with Gasteiger partial charge in [-0.1, -0.05) is 20.3 Å². The second kappa shape index (κ2) is 7.65. The molecule has 0 aliphatic heterocycles. The number of carbonyl (C=O) groups excluding carboxylic acids is 1. The average molecular weight is 338 g/mol. The normalized spacial score (nSPS) is 19.3. The standard InChI is InChI=1S/C16H26N4O4/c1-4-5-6-20-13(17)12(14(21)18-16(20)23)19(7-8-24-3)15(22)11-9-10(11)2/h10-11H,4-9,17H2,1-3H3,(H,18,21,23). The predicted molar refractivity (Wildman–Crippen MR) is 92.1 cm³/mol. The van der Waals surface area contributed by atoms with Crippen molar-refractivity contribution in [2.75, 3.05) is 30.9 Å². The molecule has 1 amide bonds. The predicted octanol–water partition coefficient (Wildman–Crippen LogP) is 0.554. The summed E-state index contributed by atoms with van der Waals surface area (Å²) in [4.78, 5) is 40.7. The minimum atomic E-state index is -0.636. The summed E-state index contributed by atoms with van der Waals surface area (Å²) in [5.41, 5.74) is 4.96. The molecule has 1 heterocycles. The third kappa shape index (κ3) is 3.69. The van der Waals surface area contributed by atoms with Crippen LogP contribution in [0.1, 0.15) is 33.1 Å². The Labute approximate surface area is 140 Å². The van der Waals surface area contributed by atoms with Crippen LogP contribution in [0.2, 0.25) is 0 Å². The number of methoxy groups -OCH3 is 1. The lowest BCUT2D eigenvalue weighted by Crippen LogP contribution is -2.43. The van der Waals surface area contributed by atoms with Gasteiger partial charge in [0, 0.05) is 26.1 Å². The lowest BCUT2D eigenvalue weighted by atomic mass is 10.2. The van der Waals surface area contributed by atoms with Gasteiger partial charge < -0.3 is 15.4 Å². The van der Waals surface area contributed by atoms with E-state index in [1.54, 1.807) is 0 Å². The molecule has 1 aliphatic rings. The Bertz CT molecular complexity index is 709. The molecule has 2 unspecified atom stereocenters. The zero-order valence-corrected chi connectivity index (χ0v) is 14.5. The lowest BCUT2D eigenvalue weighted by Gasteiger charge is -2.24. The maximum atomic E-state index is 12.7. The van der Waals surface area contributed by atoms with Gasteiger partial charge in [0.1, 0.15) is 5.82 Å². The summed E-state index contributed by atoms with van der Waals surface area (Å²) in [6, 6.07) is 0. The van der Waals surface area contributed by atoms with Gasteiger partial charge in [-0.15, -0.1) is 0 Å². The molecule has 1 fully saturated rings. The van der Waals surface area contributed by atoms with Crippen LogP contribution in [0.5, 0.6) is 0 Å². The molecular formula is C16H26N4O4. The molecule has 1 aromatic rings. The van der Waals surface area contributed by atoms with Gasteiger partial charge >= 0.3 is 5.69 Å². The van der Waals surface area contributed by atoms with E-state index in [2.05, 4.69) is 4.98 Å². The highest BCUT2D eigenvalue weighted by Gasteiger charge is 2.42. The van der Waals surface area contributed by atoms with Crippen molar-refractivity contribution in [1.29, 1.82) is 0 Å². The van der Waals surface area contributed by atoms with Crippen molar-refractivity contribution in [2.24, 2.45) is 11.8 Å². The number of rotatable bonds is 8. The highest BCUT2D eigenvalue weighted by Crippen LogP contribution is 2.40. The molecule has 0 saturated heterocycles. The largest absolute Gasteiger partial charge is 0.383 e. The molecule has 3 N–H and O–H groups in total. The van der Waals surface area contributed by atoms with Crippen LogP contribution < -0.4 is 21.9 Å². The summed E-state index contributed by atoms with van der Waals surface area (Å²) < 4.78 is 6.38. The number of nitrogens with zero attached hydrogens (tertiary/aromatic N) is 2. The van der Waals surface area contributed by atoms with Crippen molar-refractivity contribution in [3.8, 4) is 0 Å². The summed E-state index contributed by atoms with van der Waals surface area (Å²) in [5, 5.41) is 0. The number of H-pyrrole nitrogens is 1. The van der Waals surface area contributed by atoms with Gasteiger partial charge in [0.2, 0.25) is 5.91 Å². The van der Waals surface area contributed by atoms with Crippen molar-refractivity contribution in [3.63, 3.8) is 0 Å². The van der Waals surface area contributed by atoms with Crippen LogP contribution >= 0.6 is 0 Å². The first-order chi connectivity index (χ1) is 11.4. The van der Waals surface area contributed by atoms with Crippen LogP contribution in [0.4, 0.5) is 11.5 Å². The van der Waals surface area contributed by atoms with E-state index in [-0.39, 0.29) is 36.5 Å². The summed E-state index contributed by atoms with van der Waals surface area (Å²) >= 11 is 0. The molecule has 1 saturated carbocycles. The van der Waals surface area contributed by atoms with E-state index in [1.165, 1.54) is 16.6 Å². The molecule has 0 radical (unpaired) electrons. The van der Waals surface area contributed by atoms with Crippen molar-refractivity contribution in [2.45, 2.75) is 39.7 Å². The Balaban J connectivity index is 2.46. The van der Waals surface area contributed by atoms with E-state index in [4.69, 9.17) is 10.5 Å². The monoisotopic (exact) mass is 338 g/mol. The summed E-state index contributed by atoms with van der Waals surface area (Å²) in [5.74, 6) is 0.0953. The molecule has 0 spiro atoms.